The Labute approximate surface area is 145 Å². The molecule has 3 heterocycles. The van der Waals surface area contributed by atoms with Gasteiger partial charge < -0.3 is 4.90 Å². The van der Waals surface area contributed by atoms with Crippen LogP contribution in [0.15, 0.2) is 29.4 Å². The Morgan fingerprint density at radius 3 is 2.80 bits per heavy atom. The minimum absolute atomic E-state index is 0.249. The van der Waals surface area contributed by atoms with Crippen LogP contribution in [0, 0.1) is 13.8 Å². The van der Waals surface area contributed by atoms with Gasteiger partial charge in [-0.1, -0.05) is 6.07 Å². The van der Waals surface area contributed by atoms with Gasteiger partial charge in [-0.2, -0.15) is 14.6 Å². The molecule has 8 nitrogen and oxygen atoms in total. The van der Waals surface area contributed by atoms with E-state index in [9.17, 15) is 8.42 Å². The Bertz CT molecular complexity index is 1090. The van der Waals surface area contributed by atoms with E-state index in [-0.39, 0.29) is 4.90 Å². The normalized spacial score (nSPS) is 14.3. The fourth-order valence-electron chi connectivity index (χ4n) is 3.20. The highest BCUT2D eigenvalue weighted by molar-refractivity contribution is 7.89. The zero-order valence-electron chi connectivity index (χ0n) is 14.2. The van der Waals surface area contributed by atoms with Gasteiger partial charge in [0, 0.05) is 23.5 Å². The summed E-state index contributed by atoms with van der Waals surface area (Å²) in [5, 5.41) is 4.30. The lowest BCUT2D eigenvalue weighted by molar-refractivity contribution is 0.588. The topological polar surface area (TPSA) is 92.5 Å². The van der Waals surface area contributed by atoms with Crippen LogP contribution >= 0.6 is 0 Å². The Kier molecular flexibility index (Phi) is 3.51. The number of fused-ring (bicyclic) bond motifs is 2. The Morgan fingerprint density at radius 1 is 1.24 bits per heavy atom. The largest absolute Gasteiger partial charge is 0.325 e. The van der Waals surface area contributed by atoms with Crippen molar-refractivity contribution in [2.45, 2.75) is 25.2 Å². The summed E-state index contributed by atoms with van der Waals surface area (Å²) in [6, 6.07) is 5.23. The van der Waals surface area contributed by atoms with E-state index in [1.807, 2.05) is 19.9 Å². The summed E-state index contributed by atoms with van der Waals surface area (Å²) < 4.78 is 28.4. The highest BCUT2D eigenvalue weighted by Crippen LogP contribution is 2.37. The molecule has 0 unspecified atom stereocenters. The van der Waals surface area contributed by atoms with Crippen molar-refractivity contribution in [1.29, 1.82) is 0 Å². The molecule has 0 atom stereocenters. The molecule has 1 N–H and O–H groups in total. The smallest absolute Gasteiger partial charge is 0.254 e. The lowest BCUT2D eigenvalue weighted by Crippen LogP contribution is -2.21. The molecule has 1 aliphatic rings. The first-order chi connectivity index (χ1) is 11.9. The van der Waals surface area contributed by atoms with Crippen molar-refractivity contribution >= 4 is 27.3 Å². The Hall–Kier alpha value is -2.52. The van der Waals surface area contributed by atoms with Crippen LogP contribution in [-0.4, -0.2) is 41.6 Å². The second-order valence-electron chi connectivity index (χ2n) is 6.02. The molecule has 130 valence electrons. The molecule has 3 aromatic rings. The van der Waals surface area contributed by atoms with E-state index in [0.29, 0.717) is 5.78 Å². The SMILES string of the molecule is CNS(=O)(=O)c1ccc2c(c1)N(c1c(C)c(C)nc3ncnn13)CC2. The van der Waals surface area contributed by atoms with Crippen LogP contribution < -0.4 is 9.62 Å². The van der Waals surface area contributed by atoms with E-state index in [1.165, 1.54) is 13.4 Å². The van der Waals surface area contributed by atoms with Crippen molar-refractivity contribution in [3.63, 3.8) is 0 Å². The first-order valence-corrected chi connectivity index (χ1v) is 9.41. The summed E-state index contributed by atoms with van der Waals surface area (Å²) in [6.07, 6.45) is 2.32. The highest BCUT2D eigenvalue weighted by Gasteiger charge is 2.27. The van der Waals surface area contributed by atoms with E-state index < -0.39 is 10.0 Å². The van der Waals surface area contributed by atoms with Crippen LogP contribution in [0.25, 0.3) is 5.78 Å². The van der Waals surface area contributed by atoms with Gasteiger partial charge in [-0.05, 0) is 45.0 Å². The standard InChI is InChI=1S/C16H18N6O2S/c1-10-11(2)20-16-18-9-19-22(16)15(10)21-7-6-12-4-5-13(8-14(12)21)25(23,24)17-3/h4-5,8-9,17H,6-7H2,1-3H3. The third kappa shape index (κ3) is 2.38. The molecule has 0 fully saturated rings. The molecule has 2 aromatic heterocycles. The quantitative estimate of drug-likeness (QED) is 0.760. The van der Waals surface area contributed by atoms with Crippen molar-refractivity contribution in [2.24, 2.45) is 0 Å². The number of anilines is 2. The Morgan fingerprint density at radius 2 is 2.04 bits per heavy atom. The minimum Gasteiger partial charge on any atom is -0.325 e. The molecule has 1 aliphatic heterocycles. The van der Waals surface area contributed by atoms with E-state index in [4.69, 9.17) is 0 Å². The fourth-order valence-corrected chi connectivity index (χ4v) is 3.95. The number of aromatic nitrogens is 4. The molecule has 0 bridgehead atoms. The molecular formula is C16H18N6O2S. The van der Waals surface area contributed by atoms with E-state index in [2.05, 4.69) is 24.7 Å². The zero-order valence-corrected chi connectivity index (χ0v) is 15.0. The van der Waals surface area contributed by atoms with Gasteiger partial charge in [-0.3, -0.25) is 0 Å². The maximum absolute atomic E-state index is 12.2. The van der Waals surface area contributed by atoms with Crippen molar-refractivity contribution in [2.75, 3.05) is 18.5 Å². The monoisotopic (exact) mass is 358 g/mol. The van der Waals surface area contributed by atoms with Gasteiger partial charge in [0.05, 0.1) is 4.90 Å². The van der Waals surface area contributed by atoms with Crippen LogP contribution in [0.5, 0.6) is 0 Å². The number of hydrogen-bond acceptors (Lipinski definition) is 6. The molecule has 1 aromatic carbocycles. The lowest BCUT2D eigenvalue weighted by atomic mass is 10.2. The van der Waals surface area contributed by atoms with E-state index >= 15 is 0 Å². The average Bonchev–Trinajstić information content (AvgIpc) is 3.22. The molecule has 25 heavy (non-hydrogen) atoms. The predicted octanol–water partition coefficient (Wildman–Crippen LogP) is 1.34. The van der Waals surface area contributed by atoms with Gasteiger partial charge in [0.1, 0.15) is 12.1 Å². The summed E-state index contributed by atoms with van der Waals surface area (Å²) in [6.45, 7) is 4.68. The number of rotatable bonds is 3. The second kappa shape index (κ2) is 5.50. The van der Waals surface area contributed by atoms with E-state index in [1.54, 1.807) is 16.6 Å². The molecule has 0 saturated heterocycles. The first-order valence-electron chi connectivity index (χ1n) is 7.93. The number of aryl methyl sites for hydroxylation is 1. The van der Waals surface area contributed by atoms with Crippen LogP contribution in [0.1, 0.15) is 16.8 Å². The van der Waals surface area contributed by atoms with Gasteiger partial charge >= 0.3 is 0 Å². The maximum atomic E-state index is 12.2. The van der Waals surface area contributed by atoms with Gasteiger partial charge in [-0.15, -0.1) is 0 Å². The number of hydrogen-bond donors (Lipinski definition) is 1. The first kappa shape index (κ1) is 16.0. The lowest BCUT2D eigenvalue weighted by Gasteiger charge is -2.23. The number of nitrogens with one attached hydrogen (secondary N) is 1. The number of nitrogens with zero attached hydrogens (tertiary/aromatic N) is 5. The van der Waals surface area contributed by atoms with Gasteiger partial charge in [0.25, 0.3) is 5.78 Å². The van der Waals surface area contributed by atoms with Gasteiger partial charge in [0.2, 0.25) is 10.0 Å². The van der Waals surface area contributed by atoms with Crippen LogP contribution in [0.2, 0.25) is 0 Å². The zero-order chi connectivity index (χ0) is 17.8. The van der Waals surface area contributed by atoms with Crippen molar-refractivity contribution in [1.82, 2.24) is 24.3 Å². The number of benzene rings is 1. The molecule has 4 rings (SSSR count). The summed E-state index contributed by atoms with van der Waals surface area (Å²) in [7, 11) is -2.09. The highest BCUT2D eigenvalue weighted by atomic mass is 32.2. The Balaban J connectivity index is 1.93. The maximum Gasteiger partial charge on any atom is 0.254 e. The van der Waals surface area contributed by atoms with Gasteiger partial charge in [0.15, 0.2) is 0 Å². The molecule has 0 spiro atoms. The van der Waals surface area contributed by atoms with Crippen LogP contribution in [0.4, 0.5) is 11.5 Å². The predicted molar refractivity (Wildman–Crippen MR) is 93.7 cm³/mol. The van der Waals surface area contributed by atoms with Crippen molar-refractivity contribution in [3.8, 4) is 0 Å². The number of sulfonamides is 1. The summed E-state index contributed by atoms with van der Waals surface area (Å²) in [5.41, 5.74) is 3.86. The van der Waals surface area contributed by atoms with Gasteiger partial charge in [-0.25, -0.2) is 18.1 Å². The minimum atomic E-state index is -3.50. The molecule has 9 heteroatoms. The van der Waals surface area contributed by atoms with Crippen LogP contribution in [-0.2, 0) is 16.4 Å². The van der Waals surface area contributed by atoms with Crippen LogP contribution in [0.3, 0.4) is 0 Å². The van der Waals surface area contributed by atoms with Crippen molar-refractivity contribution in [3.05, 3.63) is 41.3 Å². The van der Waals surface area contributed by atoms with E-state index in [0.717, 1.165) is 41.3 Å². The fraction of sp³-hybridized carbons (Fsp3) is 0.312. The molecule has 0 radical (unpaired) electrons. The summed E-state index contributed by atoms with van der Waals surface area (Å²) in [5.74, 6) is 1.41. The molecule has 0 amide bonds. The molecular weight excluding hydrogens is 340 g/mol. The van der Waals surface area contributed by atoms with Crippen molar-refractivity contribution < 1.29 is 8.42 Å². The third-order valence-electron chi connectivity index (χ3n) is 4.66. The summed E-state index contributed by atoms with van der Waals surface area (Å²) >= 11 is 0. The third-order valence-corrected chi connectivity index (χ3v) is 6.08. The molecule has 0 saturated carbocycles. The second-order valence-corrected chi connectivity index (χ2v) is 7.90. The average molecular weight is 358 g/mol. The molecule has 0 aliphatic carbocycles. The summed E-state index contributed by atoms with van der Waals surface area (Å²) in [4.78, 5) is 11.0.